The predicted octanol–water partition coefficient (Wildman–Crippen LogP) is 1.08. The molecule has 0 aliphatic carbocycles. The molecule has 0 bridgehead atoms. The highest BCUT2D eigenvalue weighted by Crippen LogP contribution is 2.40. The molecule has 0 saturated carbocycles. The van der Waals surface area contributed by atoms with Crippen LogP contribution in [0.3, 0.4) is 0 Å². The first kappa shape index (κ1) is 11.2. The van der Waals surface area contributed by atoms with Crippen molar-refractivity contribution >= 4 is 12.3 Å². The Labute approximate surface area is 83.6 Å². The third-order valence-electron chi connectivity index (χ3n) is 2.47. The van der Waals surface area contributed by atoms with Gasteiger partial charge in [0.2, 0.25) is 0 Å². The molecule has 0 aromatic heterocycles. The molecule has 1 rings (SSSR count). The van der Waals surface area contributed by atoms with Crippen molar-refractivity contribution in [2.24, 2.45) is 0 Å². The molecule has 0 radical (unpaired) electrons. The average Bonchev–Trinajstić information content (AvgIpc) is 2.75. The normalized spacial score (nSPS) is 29.7. The van der Waals surface area contributed by atoms with Gasteiger partial charge in [0.25, 0.3) is 0 Å². The first-order valence-electron chi connectivity index (χ1n) is 4.83. The van der Waals surface area contributed by atoms with Gasteiger partial charge in [0.15, 0.2) is 0 Å². The lowest BCUT2D eigenvalue weighted by Gasteiger charge is -2.04. The van der Waals surface area contributed by atoms with E-state index in [0.717, 1.165) is 19.1 Å². The molecule has 4 nitrogen and oxygen atoms in total. The number of hydrogen-bond donors (Lipinski definition) is 0. The van der Waals surface area contributed by atoms with E-state index in [1.165, 1.54) is 6.92 Å². The molecule has 0 N–H and O–H groups in total. The van der Waals surface area contributed by atoms with E-state index in [-0.39, 0.29) is 17.7 Å². The zero-order valence-corrected chi connectivity index (χ0v) is 8.62. The summed E-state index contributed by atoms with van der Waals surface area (Å²) < 4.78 is 10.2. The Morgan fingerprint density at radius 3 is 2.93 bits per heavy atom. The van der Waals surface area contributed by atoms with Gasteiger partial charge in [0.05, 0.1) is 5.60 Å². The third kappa shape index (κ3) is 3.10. The fourth-order valence-corrected chi connectivity index (χ4v) is 1.45. The van der Waals surface area contributed by atoms with Crippen LogP contribution >= 0.6 is 0 Å². The Morgan fingerprint density at radius 1 is 1.64 bits per heavy atom. The number of carbonyl (C=O) groups excluding carboxylic acids is 2. The van der Waals surface area contributed by atoms with Crippen molar-refractivity contribution in [3.8, 4) is 0 Å². The summed E-state index contributed by atoms with van der Waals surface area (Å²) in [5.74, 6) is -0.282. The number of esters is 1. The Balaban J connectivity index is 2.14. The van der Waals surface area contributed by atoms with Gasteiger partial charge in [-0.05, 0) is 19.8 Å². The van der Waals surface area contributed by atoms with E-state index in [1.807, 2.05) is 6.92 Å². The van der Waals surface area contributed by atoms with Crippen LogP contribution < -0.4 is 0 Å². The second-order valence-electron chi connectivity index (χ2n) is 3.78. The van der Waals surface area contributed by atoms with Crippen LogP contribution in [-0.2, 0) is 19.1 Å². The molecule has 1 fully saturated rings. The second kappa shape index (κ2) is 4.55. The molecule has 1 saturated heterocycles. The van der Waals surface area contributed by atoms with Crippen LogP contribution in [0.15, 0.2) is 0 Å². The molecule has 0 amide bonds. The van der Waals surface area contributed by atoms with Crippen LogP contribution in [0.5, 0.6) is 0 Å². The van der Waals surface area contributed by atoms with Crippen LogP contribution in [0.2, 0.25) is 0 Å². The summed E-state index contributed by atoms with van der Waals surface area (Å²) >= 11 is 0. The van der Waals surface area contributed by atoms with Gasteiger partial charge < -0.3 is 14.3 Å². The van der Waals surface area contributed by atoms with Crippen LogP contribution in [-0.4, -0.2) is 30.6 Å². The van der Waals surface area contributed by atoms with Crippen LogP contribution in [0.25, 0.3) is 0 Å². The smallest absolute Gasteiger partial charge is 0.302 e. The predicted molar refractivity (Wildman–Crippen MR) is 49.8 cm³/mol. The van der Waals surface area contributed by atoms with E-state index in [0.29, 0.717) is 13.0 Å². The average molecular weight is 200 g/mol. The number of epoxide rings is 1. The zero-order chi connectivity index (χ0) is 10.6. The minimum atomic E-state index is -0.282. The molecule has 0 aromatic rings. The van der Waals surface area contributed by atoms with Crippen molar-refractivity contribution < 1.29 is 19.1 Å². The molecule has 1 aliphatic heterocycles. The molecule has 80 valence electrons. The van der Waals surface area contributed by atoms with E-state index in [4.69, 9.17) is 9.47 Å². The van der Waals surface area contributed by atoms with Gasteiger partial charge in [-0.1, -0.05) is 0 Å². The highest BCUT2D eigenvalue weighted by molar-refractivity contribution is 5.65. The monoisotopic (exact) mass is 200 g/mol. The SMILES string of the molecule is CC(=O)OC[C@@H]1O[C@@]1(C)CCCC=O. The Bertz CT molecular complexity index is 226. The van der Waals surface area contributed by atoms with E-state index < -0.39 is 0 Å². The third-order valence-corrected chi connectivity index (χ3v) is 2.47. The number of ether oxygens (including phenoxy) is 2. The molecule has 2 atom stereocenters. The molecule has 0 spiro atoms. The summed E-state index contributed by atoms with van der Waals surface area (Å²) in [6.45, 7) is 3.69. The molecule has 4 heteroatoms. The summed E-state index contributed by atoms with van der Waals surface area (Å²) in [5, 5.41) is 0. The number of carbonyl (C=O) groups is 2. The number of unbranched alkanes of at least 4 members (excludes halogenated alkanes) is 1. The summed E-state index contributed by atoms with van der Waals surface area (Å²) in [6.07, 6.45) is 3.17. The summed E-state index contributed by atoms with van der Waals surface area (Å²) in [4.78, 5) is 20.6. The Hall–Kier alpha value is -0.900. The minimum Gasteiger partial charge on any atom is -0.463 e. The summed E-state index contributed by atoms with van der Waals surface area (Å²) in [7, 11) is 0. The van der Waals surface area contributed by atoms with E-state index in [1.54, 1.807) is 0 Å². The first-order chi connectivity index (χ1) is 6.58. The van der Waals surface area contributed by atoms with Crippen LogP contribution in [0.4, 0.5) is 0 Å². The maximum absolute atomic E-state index is 10.5. The van der Waals surface area contributed by atoms with Crippen molar-refractivity contribution in [3.63, 3.8) is 0 Å². The van der Waals surface area contributed by atoms with Crippen LogP contribution in [0.1, 0.15) is 33.1 Å². The quantitative estimate of drug-likeness (QED) is 0.278. The van der Waals surface area contributed by atoms with Crippen molar-refractivity contribution in [1.29, 1.82) is 0 Å². The van der Waals surface area contributed by atoms with Gasteiger partial charge in [-0.2, -0.15) is 0 Å². The second-order valence-corrected chi connectivity index (χ2v) is 3.78. The van der Waals surface area contributed by atoms with Crippen LogP contribution in [0, 0.1) is 0 Å². The Kier molecular flexibility index (Phi) is 3.63. The van der Waals surface area contributed by atoms with Crippen molar-refractivity contribution in [1.82, 2.24) is 0 Å². The fraction of sp³-hybridized carbons (Fsp3) is 0.800. The molecule has 14 heavy (non-hydrogen) atoms. The van der Waals surface area contributed by atoms with Gasteiger partial charge >= 0.3 is 5.97 Å². The van der Waals surface area contributed by atoms with Gasteiger partial charge in [-0.15, -0.1) is 0 Å². The number of hydrogen-bond acceptors (Lipinski definition) is 4. The van der Waals surface area contributed by atoms with Crippen molar-refractivity contribution in [2.45, 2.75) is 44.8 Å². The topological polar surface area (TPSA) is 55.9 Å². The van der Waals surface area contributed by atoms with E-state index >= 15 is 0 Å². The number of aldehydes is 1. The number of rotatable bonds is 6. The van der Waals surface area contributed by atoms with E-state index in [2.05, 4.69) is 0 Å². The molecule has 0 unspecified atom stereocenters. The Morgan fingerprint density at radius 2 is 2.36 bits per heavy atom. The zero-order valence-electron chi connectivity index (χ0n) is 8.62. The maximum atomic E-state index is 10.5. The van der Waals surface area contributed by atoms with Crippen molar-refractivity contribution in [2.75, 3.05) is 6.61 Å². The van der Waals surface area contributed by atoms with Gasteiger partial charge in [-0.25, -0.2) is 0 Å². The lowest BCUT2D eigenvalue weighted by atomic mass is 10.0. The lowest BCUT2D eigenvalue weighted by molar-refractivity contribution is -0.141. The highest BCUT2D eigenvalue weighted by atomic mass is 16.6. The highest BCUT2D eigenvalue weighted by Gasteiger charge is 2.51. The maximum Gasteiger partial charge on any atom is 0.302 e. The largest absolute Gasteiger partial charge is 0.463 e. The molecule has 1 aliphatic rings. The minimum absolute atomic E-state index is 0.0121. The molecular formula is C10H16O4. The standard InChI is InChI=1S/C10H16O4/c1-8(12)13-7-9-10(2,14-9)5-3-4-6-11/h6,9H,3-5,7H2,1-2H3/t9-,10-/m0/s1. The van der Waals surface area contributed by atoms with Gasteiger partial charge in [0, 0.05) is 13.3 Å². The summed E-state index contributed by atoms with van der Waals surface area (Å²) in [5.41, 5.74) is -0.182. The van der Waals surface area contributed by atoms with Gasteiger partial charge in [-0.3, -0.25) is 4.79 Å². The molecular weight excluding hydrogens is 184 g/mol. The molecule has 0 aromatic carbocycles. The summed E-state index contributed by atoms with van der Waals surface area (Å²) in [6, 6.07) is 0. The fourth-order valence-electron chi connectivity index (χ4n) is 1.45. The van der Waals surface area contributed by atoms with Gasteiger partial charge in [0.1, 0.15) is 19.0 Å². The molecule has 1 heterocycles. The van der Waals surface area contributed by atoms with Crippen molar-refractivity contribution in [3.05, 3.63) is 0 Å². The first-order valence-corrected chi connectivity index (χ1v) is 4.83. The van der Waals surface area contributed by atoms with E-state index in [9.17, 15) is 9.59 Å². The lowest BCUT2D eigenvalue weighted by Crippen LogP contribution is -2.15.